The van der Waals surface area contributed by atoms with Crippen LogP contribution in [0.4, 0.5) is 0 Å². The van der Waals surface area contributed by atoms with E-state index in [4.69, 9.17) is 5.73 Å². The number of amides is 1. The standard InChI is InChI=1S/C21H23N3O2/c1-15-11-19(25)18(20(23)26)12-16(15)13-24-9-7-21(14-22,8-10-24)17-5-3-2-4-6-17/h2-6,11-12,25H,7-10,13H2,1H3,(H2,23,26). The van der Waals surface area contributed by atoms with Gasteiger partial charge < -0.3 is 10.8 Å². The van der Waals surface area contributed by atoms with Gasteiger partial charge in [-0.3, -0.25) is 9.69 Å². The number of phenols is 1. The molecule has 1 saturated heterocycles. The summed E-state index contributed by atoms with van der Waals surface area (Å²) in [6.45, 7) is 4.18. The van der Waals surface area contributed by atoms with Crippen LogP contribution in [0.15, 0.2) is 42.5 Å². The van der Waals surface area contributed by atoms with Crippen LogP contribution in [-0.4, -0.2) is 29.0 Å². The van der Waals surface area contributed by atoms with E-state index in [1.165, 1.54) is 0 Å². The topological polar surface area (TPSA) is 90.3 Å². The summed E-state index contributed by atoms with van der Waals surface area (Å²) in [6.07, 6.45) is 1.54. The molecule has 1 aliphatic rings. The van der Waals surface area contributed by atoms with Crippen LogP contribution in [0, 0.1) is 18.3 Å². The lowest BCUT2D eigenvalue weighted by molar-refractivity contribution is 0.0997. The largest absolute Gasteiger partial charge is 0.507 e. The summed E-state index contributed by atoms with van der Waals surface area (Å²) in [7, 11) is 0. The SMILES string of the molecule is Cc1cc(O)c(C(N)=O)cc1CN1CCC(C#N)(c2ccccc2)CC1. The Hall–Kier alpha value is -2.84. The summed E-state index contributed by atoms with van der Waals surface area (Å²) in [5, 5.41) is 19.7. The molecule has 3 rings (SSSR count). The summed E-state index contributed by atoms with van der Waals surface area (Å²) >= 11 is 0. The van der Waals surface area contributed by atoms with Gasteiger partial charge in [-0.15, -0.1) is 0 Å². The number of aryl methyl sites for hydroxylation is 1. The molecule has 0 aromatic heterocycles. The molecule has 26 heavy (non-hydrogen) atoms. The molecule has 1 aliphatic heterocycles. The Kier molecular flexibility index (Phi) is 4.97. The fraction of sp³-hybridized carbons (Fsp3) is 0.333. The minimum Gasteiger partial charge on any atom is -0.507 e. The molecule has 3 N–H and O–H groups in total. The molecule has 1 heterocycles. The highest BCUT2D eigenvalue weighted by Crippen LogP contribution is 2.35. The quantitative estimate of drug-likeness (QED) is 0.888. The summed E-state index contributed by atoms with van der Waals surface area (Å²) in [5.74, 6) is -0.708. The van der Waals surface area contributed by atoms with E-state index >= 15 is 0 Å². The van der Waals surface area contributed by atoms with Crippen LogP contribution in [0.5, 0.6) is 5.75 Å². The van der Waals surface area contributed by atoms with Crippen molar-refractivity contribution in [1.82, 2.24) is 4.90 Å². The molecule has 0 atom stereocenters. The Morgan fingerprint density at radius 3 is 2.50 bits per heavy atom. The molecule has 0 radical (unpaired) electrons. The number of benzene rings is 2. The molecule has 2 aromatic rings. The van der Waals surface area contributed by atoms with Crippen LogP contribution in [0.1, 0.15) is 39.9 Å². The van der Waals surface area contributed by atoms with Crippen molar-refractivity contribution in [2.24, 2.45) is 5.73 Å². The number of rotatable bonds is 4. The second kappa shape index (κ2) is 7.19. The fourth-order valence-electron chi connectivity index (χ4n) is 3.66. The first-order chi connectivity index (χ1) is 12.4. The van der Waals surface area contributed by atoms with Gasteiger partial charge in [0.25, 0.3) is 5.91 Å². The summed E-state index contributed by atoms with van der Waals surface area (Å²) < 4.78 is 0. The highest BCUT2D eigenvalue weighted by Gasteiger charge is 2.36. The summed E-state index contributed by atoms with van der Waals surface area (Å²) in [4.78, 5) is 13.8. The number of carbonyl (C=O) groups excluding carboxylic acids is 1. The summed E-state index contributed by atoms with van der Waals surface area (Å²) in [5.41, 5.74) is 8.04. The van der Waals surface area contributed by atoms with Gasteiger partial charge >= 0.3 is 0 Å². The minimum atomic E-state index is -0.630. The van der Waals surface area contributed by atoms with E-state index in [2.05, 4.69) is 11.0 Å². The molecule has 0 saturated carbocycles. The van der Waals surface area contributed by atoms with Gasteiger partial charge in [-0.2, -0.15) is 5.26 Å². The maximum atomic E-state index is 11.5. The third kappa shape index (κ3) is 3.42. The zero-order valence-corrected chi connectivity index (χ0v) is 14.9. The molecule has 134 valence electrons. The first-order valence-corrected chi connectivity index (χ1v) is 8.76. The van der Waals surface area contributed by atoms with Crippen molar-refractivity contribution in [1.29, 1.82) is 5.26 Å². The molecule has 0 unspecified atom stereocenters. The lowest BCUT2D eigenvalue weighted by atomic mass is 9.74. The van der Waals surface area contributed by atoms with E-state index < -0.39 is 11.3 Å². The zero-order valence-electron chi connectivity index (χ0n) is 14.9. The van der Waals surface area contributed by atoms with Crippen LogP contribution in [0.2, 0.25) is 0 Å². The number of hydrogen-bond donors (Lipinski definition) is 2. The van der Waals surface area contributed by atoms with Crippen LogP contribution >= 0.6 is 0 Å². The van der Waals surface area contributed by atoms with Crippen molar-refractivity contribution in [3.8, 4) is 11.8 Å². The Balaban J connectivity index is 1.74. The fourth-order valence-corrected chi connectivity index (χ4v) is 3.66. The Morgan fingerprint density at radius 1 is 1.27 bits per heavy atom. The van der Waals surface area contributed by atoms with Crippen molar-refractivity contribution in [2.75, 3.05) is 13.1 Å². The van der Waals surface area contributed by atoms with Gasteiger partial charge in [0.2, 0.25) is 0 Å². The van der Waals surface area contributed by atoms with E-state index in [9.17, 15) is 15.2 Å². The number of nitriles is 1. The predicted molar refractivity (Wildman–Crippen MR) is 99.6 cm³/mol. The van der Waals surface area contributed by atoms with Crippen LogP contribution in [0.25, 0.3) is 0 Å². The van der Waals surface area contributed by atoms with Gasteiger partial charge in [-0.25, -0.2) is 0 Å². The molecular weight excluding hydrogens is 326 g/mol. The van der Waals surface area contributed by atoms with Crippen molar-refractivity contribution < 1.29 is 9.90 Å². The number of likely N-dealkylation sites (tertiary alicyclic amines) is 1. The number of nitrogens with two attached hydrogens (primary N) is 1. The third-order valence-corrected chi connectivity index (χ3v) is 5.36. The smallest absolute Gasteiger partial charge is 0.252 e. The number of piperidine rings is 1. The molecule has 5 heteroatoms. The monoisotopic (exact) mass is 349 g/mol. The lowest BCUT2D eigenvalue weighted by Gasteiger charge is -2.38. The Bertz CT molecular complexity index is 848. The van der Waals surface area contributed by atoms with E-state index in [1.807, 2.05) is 37.3 Å². The molecule has 5 nitrogen and oxygen atoms in total. The van der Waals surface area contributed by atoms with Gasteiger partial charge in [0.15, 0.2) is 0 Å². The maximum Gasteiger partial charge on any atom is 0.252 e. The second-order valence-electron chi connectivity index (χ2n) is 7.00. The van der Waals surface area contributed by atoms with Gasteiger partial charge in [0.05, 0.1) is 17.0 Å². The molecular formula is C21H23N3O2. The van der Waals surface area contributed by atoms with Gasteiger partial charge in [0, 0.05) is 19.6 Å². The van der Waals surface area contributed by atoms with Crippen molar-refractivity contribution in [3.05, 3.63) is 64.7 Å². The van der Waals surface area contributed by atoms with Crippen molar-refractivity contribution >= 4 is 5.91 Å². The van der Waals surface area contributed by atoms with E-state index in [-0.39, 0.29) is 11.3 Å². The van der Waals surface area contributed by atoms with Crippen molar-refractivity contribution in [2.45, 2.75) is 31.7 Å². The average molecular weight is 349 g/mol. The average Bonchev–Trinajstić information content (AvgIpc) is 2.65. The minimum absolute atomic E-state index is 0.0787. The highest BCUT2D eigenvalue weighted by atomic mass is 16.3. The molecule has 0 spiro atoms. The molecule has 0 aliphatic carbocycles. The summed E-state index contributed by atoms with van der Waals surface area (Å²) in [6, 6.07) is 15.8. The second-order valence-corrected chi connectivity index (χ2v) is 7.00. The van der Waals surface area contributed by atoms with E-state index in [0.717, 1.165) is 42.6 Å². The van der Waals surface area contributed by atoms with E-state index in [1.54, 1.807) is 12.1 Å². The Labute approximate surface area is 153 Å². The molecule has 1 amide bonds. The number of carbonyl (C=O) groups is 1. The van der Waals surface area contributed by atoms with Crippen LogP contribution in [-0.2, 0) is 12.0 Å². The predicted octanol–water partition coefficient (Wildman–Crippen LogP) is 2.86. The Morgan fingerprint density at radius 2 is 1.92 bits per heavy atom. The molecule has 1 fully saturated rings. The number of hydrogen-bond acceptors (Lipinski definition) is 4. The third-order valence-electron chi connectivity index (χ3n) is 5.36. The van der Waals surface area contributed by atoms with Gasteiger partial charge in [-0.1, -0.05) is 30.3 Å². The van der Waals surface area contributed by atoms with Crippen LogP contribution < -0.4 is 5.73 Å². The van der Waals surface area contributed by atoms with Gasteiger partial charge in [-0.05, 0) is 48.6 Å². The van der Waals surface area contributed by atoms with E-state index in [0.29, 0.717) is 6.54 Å². The number of primary amides is 1. The van der Waals surface area contributed by atoms with Gasteiger partial charge in [0.1, 0.15) is 5.75 Å². The normalized spacial score (nSPS) is 16.8. The number of aromatic hydroxyl groups is 1. The lowest BCUT2D eigenvalue weighted by Crippen LogP contribution is -2.41. The maximum absolute atomic E-state index is 11.5. The van der Waals surface area contributed by atoms with Crippen LogP contribution in [0.3, 0.4) is 0 Å². The number of nitrogens with zero attached hydrogens (tertiary/aromatic N) is 2. The van der Waals surface area contributed by atoms with Crippen molar-refractivity contribution in [3.63, 3.8) is 0 Å². The molecule has 2 aromatic carbocycles. The molecule has 0 bridgehead atoms. The first-order valence-electron chi connectivity index (χ1n) is 8.76. The zero-order chi connectivity index (χ0) is 18.7. The highest BCUT2D eigenvalue weighted by molar-refractivity contribution is 5.95. The first kappa shape index (κ1) is 18.0.